The van der Waals surface area contributed by atoms with Gasteiger partial charge < -0.3 is 0 Å². The number of carbonyl (C=O) groups is 1. The van der Waals surface area contributed by atoms with Gasteiger partial charge in [0.1, 0.15) is 5.69 Å². The molecule has 104 valence electrons. The van der Waals surface area contributed by atoms with E-state index in [1.54, 1.807) is 16.0 Å². The van der Waals surface area contributed by atoms with E-state index in [1.165, 1.54) is 17.5 Å². The second kappa shape index (κ2) is 4.56. The summed E-state index contributed by atoms with van der Waals surface area (Å²) >= 11 is 2.07. The summed E-state index contributed by atoms with van der Waals surface area (Å²) in [5.74, 6) is -0.557. The van der Waals surface area contributed by atoms with Crippen LogP contribution in [0.5, 0.6) is 0 Å². The van der Waals surface area contributed by atoms with Crippen molar-refractivity contribution in [2.75, 3.05) is 5.32 Å². The average molecular weight is 318 g/mol. The lowest BCUT2D eigenvalue weighted by Crippen LogP contribution is -2.14. The number of hydrogen-bond acceptors (Lipinski definition) is 5. The second-order valence-electron chi connectivity index (χ2n) is 3.69. The van der Waals surface area contributed by atoms with Gasteiger partial charge in [0.15, 0.2) is 15.8 Å². The molecule has 1 N–H and O–H groups in total. The molecule has 0 aliphatic heterocycles. The Balaban J connectivity index is 1.83. The molecule has 3 heterocycles. The number of nitrogens with one attached hydrogen (secondary N) is 1. The van der Waals surface area contributed by atoms with Gasteiger partial charge in [0.2, 0.25) is 0 Å². The molecule has 0 atom stereocenters. The first-order chi connectivity index (χ1) is 9.45. The van der Waals surface area contributed by atoms with Crippen LogP contribution in [0.4, 0.5) is 18.3 Å². The molecule has 5 nitrogen and oxygen atoms in total. The third-order valence-electron chi connectivity index (χ3n) is 2.39. The predicted molar refractivity (Wildman–Crippen MR) is 68.1 cm³/mol. The molecule has 1 amide bonds. The van der Waals surface area contributed by atoms with Gasteiger partial charge in [-0.1, -0.05) is 0 Å². The van der Waals surface area contributed by atoms with Gasteiger partial charge in [0, 0.05) is 17.0 Å². The first kappa shape index (κ1) is 13.1. The van der Waals surface area contributed by atoms with Crippen molar-refractivity contribution < 1.29 is 18.0 Å². The first-order valence-corrected chi connectivity index (χ1v) is 6.96. The first-order valence-electron chi connectivity index (χ1n) is 5.20. The van der Waals surface area contributed by atoms with Gasteiger partial charge in [-0.15, -0.1) is 22.7 Å². The Kier molecular flexibility index (Phi) is 2.98. The van der Waals surface area contributed by atoms with Gasteiger partial charge in [-0.25, -0.2) is 9.97 Å². The zero-order valence-corrected chi connectivity index (χ0v) is 11.1. The van der Waals surface area contributed by atoms with Crippen molar-refractivity contribution in [1.29, 1.82) is 0 Å². The Morgan fingerprint density at radius 3 is 2.85 bits per heavy atom. The summed E-state index contributed by atoms with van der Waals surface area (Å²) in [5.41, 5.74) is -0.781. The lowest BCUT2D eigenvalue weighted by atomic mass is 10.4. The topological polar surface area (TPSA) is 59.3 Å². The number of imidazole rings is 1. The molecule has 0 radical (unpaired) electrons. The van der Waals surface area contributed by atoms with Crippen molar-refractivity contribution in [2.24, 2.45) is 0 Å². The standard InChI is InChI=1S/C10H5F3N4OS2/c11-10(12,13)6-4-20-8(15-6)16-7(18)5-3-14-9-17(5)1-2-19-9/h1-4H,(H,15,16,18). The maximum absolute atomic E-state index is 12.4. The van der Waals surface area contributed by atoms with Crippen molar-refractivity contribution in [3.63, 3.8) is 0 Å². The molecule has 3 aromatic heterocycles. The number of nitrogens with zero attached hydrogens (tertiary/aromatic N) is 3. The number of thiazole rings is 2. The van der Waals surface area contributed by atoms with E-state index in [0.29, 0.717) is 4.96 Å². The molecule has 0 aliphatic rings. The number of amides is 1. The molecule has 3 aromatic rings. The molecule has 0 aromatic carbocycles. The van der Waals surface area contributed by atoms with Gasteiger partial charge in [0.25, 0.3) is 5.91 Å². The highest BCUT2D eigenvalue weighted by atomic mass is 32.1. The highest BCUT2D eigenvalue weighted by Gasteiger charge is 2.34. The lowest BCUT2D eigenvalue weighted by molar-refractivity contribution is -0.140. The summed E-state index contributed by atoms with van der Waals surface area (Å²) in [6, 6.07) is 0. The maximum atomic E-state index is 12.4. The van der Waals surface area contributed by atoms with Crippen molar-refractivity contribution in [1.82, 2.24) is 14.4 Å². The highest BCUT2D eigenvalue weighted by Crippen LogP contribution is 2.31. The van der Waals surface area contributed by atoms with E-state index in [9.17, 15) is 18.0 Å². The quantitative estimate of drug-likeness (QED) is 0.790. The van der Waals surface area contributed by atoms with Gasteiger partial charge in [-0.2, -0.15) is 13.2 Å². The van der Waals surface area contributed by atoms with E-state index in [0.717, 1.165) is 16.7 Å². The van der Waals surface area contributed by atoms with Crippen LogP contribution in [0.2, 0.25) is 0 Å². The molecule has 10 heteroatoms. The Bertz CT molecular complexity index is 773. The van der Waals surface area contributed by atoms with E-state index in [1.807, 2.05) is 0 Å². The molecule has 0 saturated carbocycles. The molecule has 0 bridgehead atoms. The van der Waals surface area contributed by atoms with E-state index in [2.05, 4.69) is 15.3 Å². The van der Waals surface area contributed by atoms with Crippen LogP contribution in [-0.4, -0.2) is 20.3 Å². The summed E-state index contributed by atoms with van der Waals surface area (Å²) in [6.07, 6.45) is -1.50. The summed E-state index contributed by atoms with van der Waals surface area (Å²) in [4.78, 5) is 19.9. The normalized spacial score (nSPS) is 11.9. The summed E-state index contributed by atoms with van der Waals surface area (Å²) in [6.45, 7) is 0. The highest BCUT2D eigenvalue weighted by molar-refractivity contribution is 7.15. The third-order valence-corrected chi connectivity index (χ3v) is 3.92. The molecule has 0 saturated heterocycles. The number of hydrogen-bond donors (Lipinski definition) is 1. The number of halogens is 3. The minimum Gasteiger partial charge on any atom is -0.296 e. The van der Waals surface area contributed by atoms with Gasteiger partial charge >= 0.3 is 6.18 Å². The Hall–Kier alpha value is -1.94. The van der Waals surface area contributed by atoms with Crippen LogP contribution >= 0.6 is 22.7 Å². The molecular weight excluding hydrogens is 313 g/mol. The predicted octanol–water partition coefficient (Wildman–Crippen LogP) is 3.12. The Labute approximate surface area is 117 Å². The smallest absolute Gasteiger partial charge is 0.296 e. The molecule has 20 heavy (non-hydrogen) atoms. The zero-order valence-electron chi connectivity index (χ0n) is 9.51. The van der Waals surface area contributed by atoms with E-state index >= 15 is 0 Å². The van der Waals surface area contributed by atoms with E-state index in [-0.39, 0.29) is 10.8 Å². The van der Waals surface area contributed by atoms with Crippen molar-refractivity contribution in [3.8, 4) is 0 Å². The number of rotatable bonds is 2. The van der Waals surface area contributed by atoms with Gasteiger partial charge in [0.05, 0.1) is 6.20 Å². The molecular formula is C10H5F3N4OS2. The molecule has 0 fully saturated rings. The van der Waals surface area contributed by atoms with Crippen LogP contribution in [0, 0.1) is 0 Å². The van der Waals surface area contributed by atoms with E-state index < -0.39 is 17.8 Å². The number of alkyl halides is 3. The fourth-order valence-corrected chi connectivity index (χ4v) is 2.92. The van der Waals surface area contributed by atoms with Crippen LogP contribution in [0.25, 0.3) is 4.96 Å². The van der Waals surface area contributed by atoms with Crippen LogP contribution in [0.15, 0.2) is 23.2 Å². The summed E-state index contributed by atoms with van der Waals surface area (Å²) in [5, 5.41) is 4.83. The fourth-order valence-electron chi connectivity index (χ4n) is 1.52. The fraction of sp³-hybridized carbons (Fsp3) is 0.100. The zero-order chi connectivity index (χ0) is 14.3. The maximum Gasteiger partial charge on any atom is 0.434 e. The third kappa shape index (κ3) is 2.27. The Morgan fingerprint density at radius 2 is 2.15 bits per heavy atom. The van der Waals surface area contributed by atoms with Crippen LogP contribution in [-0.2, 0) is 6.18 Å². The van der Waals surface area contributed by atoms with Gasteiger partial charge in [-0.05, 0) is 0 Å². The minimum absolute atomic E-state index is 0.104. The number of fused-ring (bicyclic) bond motifs is 1. The lowest BCUT2D eigenvalue weighted by Gasteiger charge is -2.01. The van der Waals surface area contributed by atoms with Crippen LogP contribution in [0.1, 0.15) is 16.2 Å². The summed E-state index contributed by atoms with van der Waals surface area (Å²) < 4.78 is 38.7. The van der Waals surface area contributed by atoms with E-state index in [4.69, 9.17) is 0 Å². The monoisotopic (exact) mass is 318 g/mol. The molecule has 3 rings (SSSR count). The van der Waals surface area contributed by atoms with Crippen LogP contribution < -0.4 is 5.32 Å². The SMILES string of the molecule is O=C(Nc1nc(C(F)(F)F)cs1)c1cnc2sccn12. The Morgan fingerprint density at radius 1 is 1.35 bits per heavy atom. The van der Waals surface area contributed by atoms with Crippen molar-refractivity contribution >= 4 is 38.7 Å². The minimum atomic E-state index is -4.52. The van der Waals surface area contributed by atoms with Gasteiger partial charge in [-0.3, -0.25) is 14.5 Å². The summed E-state index contributed by atoms with van der Waals surface area (Å²) in [7, 11) is 0. The largest absolute Gasteiger partial charge is 0.434 e. The molecule has 0 unspecified atom stereocenters. The molecule has 0 spiro atoms. The van der Waals surface area contributed by atoms with Crippen molar-refractivity contribution in [3.05, 3.63) is 34.5 Å². The number of aromatic nitrogens is 3. The van der Waals surface area contributed by atoms with Crippen LogP contribution in [0.3, 0.4) is 0 Å². The number of anilines is 1. The molecule has 0 aliphatic carbocycles. The average Bonchev–Trinajstić information content (AvgIpc) is 3.01. The number of carbonyl (C=O) groups excluding carboxylic acids is 1. The second-order valence-corrected chi connectivity index (χ2v) is 5.42. The van der Waals surface area contributed by atoms with Crippen molar-refractivity contribution in [2.45, 2.75) is 6.18 Å².